The Morgan fingerprint density at radius 1 is 1.02 bits per heavy atom. The SMILES string of the molecule is Cn1cc(-c2ccc3nnc(Sc4ccc5ncc(NC6CCN(C(=O)OC(C)(C)C)CC6)cc5c4)n3c2)cn1. The molecule has 4 aromatic heterocycles. The zero-order valence-electron chi connectivity index (χ0n) is 23.0. The average molecular weight is 557 g/mol. The van der Waals surface area contributed by atoms with Gasteiger partial charge in [0, 0.05) is 60.0 Å². The Hall–Kier alpha value is -4.12. The molecule has 5 aromatic rings. The topological polar surface area (TPSA) is 102 Å². The molecule has 1 amide bonds. The van der Waals surface area contributed by atoms with E-state index in [1.165, 1.54) is 0 Å². The van der Waals surface area contributed by atoms with Crippen molar-refractivity contribution in [3.8, 4) is 11.1 Å². The molecule has 0 spiro atoms. The van der Waals surface area contributed by atoms with Crippen molar-refractivity contribution < 1.29 is 9.53 Å². The number of benzene rings is 1. The summed E-state index contributed by atoms with van der Waals surface area (Å²) in [6, 6.07) is 12.6. The molecule has 0 unspecified atom stereocenters. The Balaban J connectivity index is 1.15. The van der Waals surface area contributed by atoms with Crippen LogP contribution in [0.2, 0.25) is 0 Å². The van der Waals surface area contributed by atoms with E-state index in [-0.39, 0.29) is 12.1 Å². The molecular formula is C29H32N8O2S. The number of aryl methyl sites for hydroxylation is 1. The average Bonchev–Trinajstić information content (AvgIpc) is 3.53. The van der Waals surface area contributed by atoms with Gasteiger partial charge in [0.15, 0.2) is 10.8 Å². The first-order chi connectivity index (χ1) is 19.2. The largest absolute Gasteiger partial charge is 0.444 e. The molecule has 0 radical (unpaired) electrons. The van der Waals surface area contributed by atoms with E-state index in [4.69, 9.17) is 4.74 Å². The number of nitrogens with zero attached hydrogens (tertiary/aromatic N) is 7. The van der Waals surface area contributed by atoms with E-state index in [9.17, 15) is 4.79 Å². The number of ether oxygens (including phenoxy) is 1. The number of carbonyl (C=O) groups excluding carboxylic acids is 1. The third-order valence-electron chi connectivity index (χ3n) is 6.79. The quantitative estimate of drug-likeness (QED) is 0.297. The number of piperidine rings is 1. The Kier molecular flexibility index (Phi) is 6.83. The van der Waals surface area contributed by atoms with Crippen LogP contribution < -0.4 is 5.32 Å². The zero-order valence-corrected chi connectivity index (χ0v) is 23.9. The van der Waals surface area contributed by atoms with Gasteiger partial charge in [-0.2, -0.15) is 5.10 Å². The summed E-state index contributed by atoms with van der Waals surface area (Å²) in [5.41, 5.74) is 4.31. The third-order valence-corrected chi connectivity index (χ3v) is 7.74. The van der Waals surface area contributed by atoms with Gasteiger partial charge in [-0.25, -0.2) is 4.79 Å². The van der Waals surface area contributed by atoms with Crippen molar-refractivity contribution in [2.24, 2.45) is 7.05 Å². The predicted octanol–water partition coefficient (Wildman–Crippen LogP) is 5.64. The van der Waals surface area contributed by atoms with E-state index in [2.05, 4.69) is 43.8 Å². The van der Waals surface area contributed by atoms with E-state index in [0.717, 1.165) is 56.3 Å². The number of pyridine rings is 2. The highest BCUT2D eigenvalue weighted by atomic mass is 32.2. The van der Waals surface area contributed by atoms with Crippen molar-refractivity contribution in [3.05, 3.63) is 61.2 Å². The van der Waals surface area contributed by atoms with E-state index in [0.29, 0.717) is 13.1 Å². The molecule has 0 aliphatic carbocycles. The van der Waals surface area contributed by atoms with E-state index >= 15 is 0 Å². The summed E-state index contributed by atoms with van der Waals surface area (Å²) < 4.78 is 9.32. The van der Waals surface area contributed by atoms with Gasteiger partial charge in [-0.3, -0.25) is 14.1 Å². The fraction of sp³-hybridized carbons (Fsp3) is 0.345. The molecule has 0 bridgehead atoms. The van der Waals surface area contributed by atoms with Gasteiger partial charge in [0.2, 0.25) is 0 Å². The Morgan fingerprint density at radius 3 is 2.60 bits per heavy atom. The first kappa shape index (κ1) is 26.1. The lowest BCUT2D eigenvalue weighted by Gasteiger charge is -2.34. The van der Waals surface area contributed by atoms with Crippen LogP contribution >= 0.6 is 11.8 Å². The van der Waals surface area contributed by atoms with E-state index < -0.39 is 5.60 Å². The number of likely N-dealkylation sites (tertiary alicyclic amines) is 1. The number of rotatable bonds is 5. The molecular weight excluding hydrogens is 524 g/mol. The van der Waals surface area contributed by atoms with Crippen LogP contribution in [-0.4, -0.2) is 65.1 Å². The lowest BCUT2D eigenvalue weighted by molar-refractivity contribution is 0.0210. The van der Waals surface area contributed by atoms with Crippen molar-refractivity contribution in [1.82, 2.24) is 34.3 Å². The summed E-state index contributed by atoms with van der Waals surface area (Å²) in [6.07, 6.45) is 9.24. The molecule has 1 fully saturated rings. The van der Waals surface area contributed by atoms with Gasteiger partial charge < -0.3 is 15.0 Å². The minimum absolute atomic E-state index is 0.239. The van der Waals surface area contributed by atoms with Crippen LogP contribution in [0.15, 0.2) is 71.2 Å². The number of carbonyl (C=O) groups is 1. The highest BCUT2D eigenvalue weighted by molar-refractivity contribution is 7.99. The van der Waals surface area contributed by atoms with Gasteiger partial charge in [-0.1, -0.05) is 0 Å². The van der Waals surface area contributed by atoms with Crippen LogP contribution in [0.4, 0.5) is 10.5 Å². The fourth-order valence-electron chi connectivity index (χ4n) is 4.81. The second kappa shape index (κ2) is 10.5. The number of aromatic nitrogens is 6. The summed E-state index contributed by atoms with van der Waals surface area (Å²) in [7, 11) is 1.91. The summed E-state index contributed by atoms with van der Waals surface area (Å²) >= 11 is 1.57. The minimum atomic E-state index is -0.482. The van der Waals surface area contributed by atoms with Crippen LogP contribution in [0.3, 0.4) is 0 Å². The van der Waals surface area contributed by atoms with Gasteiger partial charge in [-0.15, -0.1) is 10.2 Å². The number of fused-ring (bicyclic) bond motifs is 2. The number of nitrogens with one attached hydrogen (secondary N) is 1. The molecule has 0 atom stereocenters. The maximum absolute atomic E-state index is 12.4. The molecule has 1 saturated heterocycles. The predicted molar refractivity (Wildman–Crippen MR) is 156 cm³/mol. The van der Waals surface area contributed by atoms with Crippen molar-refractivity contribution in [2.45, 2.75) is 55.3 Å². The van der Waals surface area contributed by atoms with Crippen molar-refractivity contribution >= 4 is 40.1 Å². The molecule has 1 aliphatic heterocycles. The highest BCUT2D eigenvalue weighted by Crippen LogP contribution is 2.31. The number of hydrogen-bond acceptors (Lipinski definition) is 8. The zero-order chi connectivity index (χ0) is 27.9. The number of hydrogen-bond donors (Lipinski definition) is 1. The summed E-state index contributed by atoms with van der Waals surface area (Å²) in [5.74, 6) is 0. The number of amides is 1. The van der Waals surface area contributed by atoms with Crippen LogP contribution in [-0.2, 0) is 11.8 Å². The molecule has 11 heteroatoms. The normalized spacial score (nSPS) is 14.7. The van der Waals surface area contributed by atoms with Crippen LogP contribution in [0.1, 0.15) is 33.6 Å². The second-order valence-electron chi connectivity index (χ2n) is 11.1. The molecule has 40 heavy (non-hydrogen) atoms. The van der Waals surface area contributed by atoms with Gasteiger partial charge in [0.25, 0.3) is 0 Å². The van der Waals surface area contributed by atoms with Crippen LogP contribution in [0, 0.1) is 0 Å². The molecule has 1 N–H and O–H groups in total. The lowest BCUT2D eigenvalue weighted by Crippen LogP contribution is -2.44. The van der Waals surface area contributed by atoms with Gasteiger partial charge in [0.05, 0.1) is 23.6 Å². The lowest BCUT2D eigenvalue weighted by atomic mass is 10.0. The van der Waals surface area contributed by atoms with Crippen molar-refractivity contribution in [2.75, 3.05) is 18.4 Å². The summed E-state index contributed by atoms with van der Waals surface area (Å²) in [6.45, 7) is 7.02. The smallest absolute Gasteiger partial charge is 0.410 e. The van der Waals surface area contributed by atoms with Crippen molar-refractivity contribution in [1.29, 1.82) is 0 Å². The minimum Gasteiger partial charge on any atom is -0.444 e. The van der Waals surface area contributed by atoms with E-state index in [1.54, 1.807) is 21.3 Å². The third kappa shape index (κ3) is 5.74. The van der Waals surface area contributed by atoms with E-state index in [1.807, 2.05) is 75.2 Å². The summed E-state index contributed by atoms with van der Waals surface area (Å²) in [4.78, 5) is 19.9. The molecule has 5 heterocycles. The Bertz CT molecular complexity index is 1680. The highest BCUT2D eigenvalue weighted by Gasteiger charge is 2.27. The monoisotopic (exact) mass is 556 g/mol. The van der Waals surface area contributed by atoms with Gasteiger partial charge >= 0.3 is 6.09 Å². The molecule has 1 aliphatic rings. The fourth-order valence-corrected chi connectivity index (χ4v) is 5.67. The Labute approximate surface area is 236 Å². The molecule has 1 aromatic carbocycles. The maximum Gasteiger partial charge on any atom is 0.410 e. The number of anilines is 1. The van der Waals surface area contributed by atoms with Crippen LogP contribution in [0.25, 0.3) is 27.7 Å². The second-order valence-corrected chi connectivity index (χ2v) is 12.1. The van der Waals surface area contributed by atoms with Crippen molar-refractivity contribution in [3.63, 3.8) is 0 Å². The first-order valence-electron chi connectivity index (χ1n) is 13.4. The molecule has 10 nitrogen and oxygen atoms in total. The molecule has 0 saturated carbocycles. The Morgan fingerprint density at radius 2 is 1.85 bits per heavy atom. The molecule has 6 rings (SSSR count). The van der Waals surface area contributed by atoms with Gasteiger partial charge in [-0.05, 0) is 81.8 Å². The van der Waals surface area contributed by atoms with Gasteiger partial charge in [0.1, 0.15) is 5.60 Å². The standard InChI is InChI=1S/C29H32N8O2S/c1-29(2,3)39-28(38)36-11-9-22(10-12-36)32-23-13-20-14-24(6-7-25(20)30-16-23)40-27-34-33-26-8-5-19(18-37(26)27)21-15-31-35(4)17-21/h5-8,13-18,22,32H,9-12H2,1-4H3. The maximum atomic E-state index is 12.4. The first-order valence-corrected chi connectivity index (χ1v) is 14.2. The molecule has 206 valence electrons. The van der Waals surface area contributed by atoms with Crippen LogP contribution in [0.5, 0.6) is 0 Å². The summed E-state index contributed by atoms with van der Waals surface area (Å²) in [5, 5.41) is 18.5.